The summed E-state index contributed by atoms with van der Waals surface area (Å²) in [6.45, 7) is 4.23. The van der Waals surface area contributed by atoms with Crippen LogP contribution in [0.1, 0.15) is 11.1 Å². The fraction of sp³-hybridized carbons (Fsp3) is 0.133. The predicted molar refractivity (Wildman–Crippen MR) is 78.9 cm³/mol. The van der Waals surface area contributed by atoms with Crippen LogP contribution in [-0.2, 0) is 0 Å². The second-order valence-corrected chi connectivity index (χ2v) is 5.60. The topological polar surface area (TPSA) is 38.9 Å². The van der Waals surface area contributed by atoms with Gasteiger partial charge in [0.1, 0.15) is 5.01 Å². The molecule has 2 N–H and O–H groups in total. The van der Waals surface area contributed by atoms with Gasteiger partial charge in [-0.1, -0.05) is 23.8 Å². The van der Waals surface area contributed by atoms with Crippen molar-refractivity contribution in [2.24, 2.45) is 0 Å². The van der Waals surface area contributed by atoms with Gasteiger partial charge in [0.25, 0.3) is 0 Å². The molecule has 0 saturated carbocycles. The minimum atomic E-state index is 0.790. The zero-order valence-corrected chi connectivity index (χ0v) is 11.2. The van der Waals surface area contributed by atoms with E-state index in [1.165, 1.54) is 16.7 Å². The van der Waals surface area contributed by atoms with Gasteiger partial charge in [-0.2, -0.15) is 0 Å². The normalized spacial score (nSPS) is 11.0. The van der Waals surface area contributed by atoms with Crippen LogP contribution < -0.4 is 5.73 Å². The van der Waals surface area contributed by atoms with Crippen molar-refractivity contribution in [1.82, 2.24) is 4.98 Å². The predicted octanol–water partition coefficient (Wildman–Crippen LogP) is 4.16. The Hall–Kier alpha value is -1.87. The van der Waals surface area contributed by atoms with Crippen molar-refractivity contribution in [3.05, 3.63) is 47.5 Å². The van der Waals surface area contributed by atoms with Crippen molar-refractivity contribution < 1.29 is 0 Å². The molecule has 0 bridgehead atoms. The summed E-state index contributed by atoms with van der Waals surface area (Å²) in [7, 11) is 0. The number of aryl methyl sites for hydroxylation is 2. The van der Waals surface area contributed by atoms with Gasteiger partial charge in [-0.3, -0.25) is 0 Å². The SMILES string of the molecule is Cc1ccc(-c2nc3ccc(N)cc3s2)c(C)c1. The van der Waals surface area contributed by atoms with E-state index < -0.39 is 0 Å². The van der Waals surface area contributed by atoms with Gasteiger partial charge in [-0.25, -0.2) is 4.98 Å². The maximum absolute atomic E-state index is 5.80. The third-order valence-corrected chi connectivity index (χ3v) is 4.08. The molecule has 90 valence electrons. The Morgan fingerprint density at radius 3 is 2.67 bits per heavy atom. The van der Waals surface area contributed by atoms with E-state index in [2.05, 4.69) is 37.0 Å². The monoisotopic (exact) mass is 254 g/mol. The Morgan fingerprint density at radius 2 is 1.89 bits per heavy atom. The van der Waals surface area contributed by atoms with E-state index in [9.17, 15) is 0 Å². The highest BCUT2D eigenvalue weighted by Crippen LogP contribution is 2.33. The number of nitrogen functional groups attached to an aromatic ring is 1. The van der Waals surface area contributed by atoms with E-state index in [0.717, 1.165) is 20.9 Å². The molecular formula is C15H14N2S. The van der Waals surface area contributed by atoms with Gasteiger partial charge in [0.15, 0.2) is 0 Å². The summed E-state index contributed by atoms with van der Waals surface area (Å²) in [5, 5.41) is 1.06. The first-order valence-corrected chi connectivity index (χ1v) is 6.69. The van der Waals surface area contributed by atoms with Gasteiger partial charge >= 0.3 is 0 Å². The molecule has 2 nitrogen and oxygen atoms in total. The van der Waals surface area contributed by atoms with Gasteiger partial charge in [-0.15, -0.1) is 11.3 Å². The Labute approximate surface area is 110 Å². The number of aromatic nitrogens is 1. The van der Waals surface area contributed by atoms with Crippen molar-refractivity contribution in [2.45, 2.75) is 13.8 Å². The van der Waals surface area contributed by atoms with E-state index in [0.29, 0.717) is 0 Å². The number of anilines is 1. The molecule has 0 amide bonds. The average molecular weight is 254 g/mol. The van der Waals surface area contributed by atoms with Crippen LogP contribution >= 0.6 is 11.3 Å². The van der Waals surface area contributed by atoms with Crippen LogP contribution in [0.4, 0.5) is 5.69 Å². The highest BCUT2D eigenvalue weighted by Gasteiger charge is 2.08. The zero-order valence-electron chi connectivity index (χ0n) is 10.4. The standard InChI is InChI=1S/C15H14N2S/c1-9-3-5-12(10(2)7-9)15-17-13-6-4-11(16)8-14(13)18-15/h3-8H,16H2,1-2H3. The van der Waals surface area contributed by atoms with Crippen molar-refractivity contribution in [3.63, 3.8) is 0 Å². The first kappa shape index (κ1) is 11.2. The number of benzene rings is 2. The summed E-state index contributed by atoms with van der Waals surface area (Å²) in [5.74, 6) is 0. The highest BCUT2D eigenvalue weighted by atomic mass is 32.1. The maximum atomic E-state index is 5.80. The molecule has 0 spiro atoms. The minimum Gasteiger partial charge on any atom is -0.399 e. The number of nitrogens with two attached hydrogens (primary N) is 1. The van der Waals surface area contributed by atoms with E-state index >= 15 is 0 Å². The molecule has 0 radical (unpaired) electrons. The van der Waals surface area contributed by atoms with Crippen LogP contribution in [0.15, 0.2) is 36.4 Å². The average Bonchev–Trinajstić information content (AvgIpc) is 2.71. The fourth-order valence-electron chi connectivity index (χ4n) is 2.11. The first-order chi connectivity index (χ1) is 8.63. The molecule has 1 heterocycles. The van der Waals surface area contributed by atoms with Gasteiger partial charge in [0, 0.05) is 11.3 Å². The molecule has 18 heavy (non-hydrogen) atoms. The molecule has 1 aromatic heterocycles. The van der Waals surface area contributed by atoms with Crippen molar-refractivity contribution >= 4 is 27.2 Å². The summed E-state index contributed by atoms with van der Waals surface area (Å²) in [4.78, 5) is 4.68. The number of hydrogen-bond acceptors (Lipinski definition) is 3. The Kier molecular flexibility index (Phi) is 2.56. The number of hydrogen-bond donors (Lipinski definition) is 1. The summed E-state index contributed by atoms with van der Waals surface area (Å²) in [6, 6.07) is 12.3. The summed E-state index contributed by atoms with van der Waals surface area (Å²) >= 11 is 1.69. The maximum Gasteiger partial charge on any atom is 0.124 e. The van der Waals surface area contributed by atoms with Gasteiger partial charge in [-0.05, 0) is 37.6 Å². The lowest BCUT2D eigenvalue weighted by Crippen LogP contribution is -1.83. The van der Waals surface area contributed by atoms with Crippen LogP contribution in [0.5, 0.6) is 0 Å². The molecule has 0 atom stereocenters. The summed E-state index contributed by atoms with van der Waals surface area (Å²) < 4.78 is 1.14. The second-order valence-electron chi connectivity index (χ2n) is 4.56. The van der Waals surface area contributed by atoms with E-state index in [1.54, 1.807) is 11.3 Å². The van der Waals surface area contributed by atoms with E-state index in [-0.39, 0.29) is 0 Å². The zero-order chi connectivity index (χ0) is 12.7. The Morgan fingerprint density at radius 1 is 1.06 bits per heavy atom. The molecule has 0 aliphatic carbocycles. The van der Waals surface area contributed by atoms with Gasteiger partial charge < -0.3 is 5.73 Å². The van der Waals surface area contributed by atoms with Crippen LogP contribution in [0.25, 0.3) is 20.8 Å². The molecule has 0 aliphatic heterocycles. The number of rotatable bonds is 1. The van der Waals surface area contributed by atoms with E-state index in [4.69, 9.17) is 5.73 Å². The Bertz CT molecular complexity index is 728. The Balaban J connectivity index is 2.19. The lowest BCUT2D eigenvalue weighted by atomic mass is 10.1. The van der Waals surface area contributed by atoms with Crippen molar-refractivity contribution in [2.75, 3.05) is 5.73 Å². The first-order valence-electron chi connectivity index (χ1n) is 5.87. The largest absolute Gasteiger partial charge is 0.399 e. The molecule has 3 aromatic rings. The minimum absolute atomic E-state index is 0.790. The molecule has 0 fully saturated rings. The van der Waals surface area contributed by atoms with Crippen LogP contribution in [0, 0.1) is 13.8 Å². The smallest absolute Gasteiger partial charge is 0.124 e. The number of nitrogens with zero attached hydrogens (tertiary/aromatic N) is 1. The van der Waals surface area contributed by atoms with Gasteiger partial charge in [0.05, 0.1) is 10.2 Å². The quantitative estimate of drug-likeness (QED) is 0.662. The van der Waals surface area contributed by atoms with Crippen molar-refractivity contribution in [1.29, 1.82) is 0 Å². The molecule has 2 aromatic carbocycles. The lowest BCUT2D eigenvalue weighted by molar-refractivity contribution is 1.36. The molecule has 3 heteroatoms. The molecule has 0 aliphatic rings. The molecule has 3 rings (SSSR count). The van der Waals surface area contributed by atoms with Crippen LogP contribution in [0.3, 0.4) is 0 Å². The van der Waals surface area contributed by atoms with Crippen LogP contribution in [0.2, 0.25) is 0 Å². The third-order valence-electron chi connectivity index (χ3n) is 3.02. The highest BCUT2D eigenvalue weighted by molar-refractivity contribution is 7.21. The number of thiazole rings is 1. The molecular weight excluding hydrogens is 240 g/mol. The summed E-state index contributed by atoms with van der Waals surface area (Å²) in [5.41, 5.74) is 11.4. The van der Waals surface area contributed by atoms with Gasteiger partial charge in [0.2, 0.25) is 0 Å². The fourth-order valence-corrected chi connectivity index (χ4v) is 3.21. The molecule has 0 saturated heterocycles. The summed E-state index contributed by atoms with van der Waals surface area (Å²) in [6.07, 6.45) is 0. The van der Waals surface area contributed by atoms with Crippen LogP contribution in [-0.4, -0.2) is 4.98 Å². The second kappa shape index (κ2) is 4.10. The number of fused-ring (bicyclic) bond motifs is 1. The molecule has 0 unspecified atom stereocenters. The third kappa shape index (κ3) is 1.87. The van der Waals surface area contributed by atoms with E-state index in [1.807, 2.05) is 18.2 Å². The lowest BCUT2D eigenvalue weighted by Gasteiger charge is -2.02. The van der Waals surface area contributed by atoms with Crippen molar-refractivity contribution in [3.8, 4) is 10.6 Å².